The molecule has 6 heteroatoms. The van der Waals surface area contributed by atoms with Gasteiger partial charge < -0.3 is 9.15 Å². The molecule has 1 heterocycles. The third kappa shape index (κ3) is 3.05. The van der Waals surface area contributed by atoms with E-state index in [4.69, 9.17) is 16.0 Å². The second kappa shape index (κ2) is 5.59. The van der Waals surface area contributed by atoms with E-state index in [0.717, 1.165) is 0 Å². The highest BCUT2D eigenvalue weighted by molar-refractivity contribution is 9.10. The smallest absolute Gasteiger partial charge is 0.373 e. The summed E-state index contributed by atoms with van der Waals surface area (Å²) in [6, 6.07) is 7.62. The van der Waals surface area contributed by atoms with Gasteiger partial charge in [0.15, 0.2) is 5.76 Å². The fourth-order valence-corrected chi connectivity index (χ4v) is 2.36. The first-order valence-corrected chi connectivity index (χ1v) is 6.37. The van der Waals surface area contributed by atoms with Crippen molar-refractivity contribution in [3.8, 4) is 0 Å². The molecule has 0 saturated heterocycles. The van der Waals surface area contributed by atoms with Gasteiger partial charge in [-0.1, -0.05) is 27.5 Å². The van der Waals surface area contributed by atoms with Crippen LogP contribution in [0.1, 0.15) is 26.7 Å². The maximum Gasteiger partial charge on any atom is 0.373 e. The standard InChI is InChI=1S/C13H8BrClO4/c1-18-13(17)11-3-2-10(19-11)12(16)7-4-8(14)6-9(15)5-7/h2-6H,1H3. The van der Waals surface area contributed by atoms with Crippen LogP contribution in [0.4, 0.5) is 0 Å². The molecule has 0 unspecified atom stereocenters. The Morgan fingerprint density at radius 3 is 2.53 bits per heavy atom. The summed E-state index contributed by atoms with van der Waals surface area (Å²) < 4.78 is 10.3. The van der Waals surface area contributed by atoms with Crippen LogP contribution >= 0.6 is 27.5 Å². The number of rotatable bonds is 3. The number of carbonyl (C=O) groups excluding carboxylic acids is 2. The van der Waals surface area contributed by atoms with E-state index in [9.17, 15) is 9.59 Å². The van der Waals surface area contributed by atoms with Crippen molar-refractivity contribution >= 4 is 39.3 Å². The zero-order chi connectivity index (χ0) is 14.0. The number of ether oxygens (including phenoxy) is 1. The molecule has 0 bridgehead atoms. The first-order valence-electron chi connectivity index (χ1n) is 5.20. The second-order valence-electron chi connectivity index (χ2n) is 3.64. The molecular formula is C13H8BrClO4. The van der Waals surface area contributed by atoms with Crippen molar-refractivity contribution in [2.45, 2.75) is 0 Å². The van der Waals surface area contributed by atoms with E-state index in [0.29, 0.717) is 15.1 Å². The van der Waals surface area contributed by atoms with Gasteiger partial charge in [0.25, 0.3) is 0 Å². The minimum Gasteiger partial charge on any atom is -0.463 e. The quantitative estimate of drug-likeness (QED) is 0.629. The predicted molar refractivity (Wildman–Crippen MR) is 72.6 cm³/mol. The number of halogens is 2. The molecule has 19 heavy (non-hydrogen) atoms. The van der Waals surface area contributed by atoms with Crippen molar-refractivity contribution in [2.24, 2.45) is 0 Å². The zero-order valence-corrected chi connectivity index (χ0v) is 12.1. The van der Waals surface area contributed by atoms with Crippen LogP contribution in [0, 0.1) is 0 Å². The van der Waals surface area contributed by atoms with Gasteiger partial charge in [0.1, 0.15) is 0 Å². The molecule has 2 aromatic rings. The molecule has 2 rings (SSSR count). The number of hydrogen-bond donors (Lipinski definition) is 0. The Kier molecular flexibility index (Phi) is 4.07. The Bertz CT molecular complexity index is 628. The summed E-state index contributed by atoms with van der Waals surface area (Å²) in [6.07, 6.45) is 0. The largest absolute Gasteiger partial charge is 0.463 e. The van der Waals surface area contributed by atoms with E-state index in [1.165, 1.54) is 25.3 Å². The van der Waals surface area contributed by atoms with Crippen LogP contribution < -0.4 is 0 Å². The topological polar surface area (TPSA) is 56.5 Å². The van der Waals surface area contributed by atoms with Crippen LogP contribution in [0.2, 0.25) is 5.02 Å². The number of benzene rings is 1. The minimum atomic E-state index is -0.633. The lowest BCUT2D eigenvalue weighted by molar-refractivity contribution is 0.0563. The summed E-state index contributed by atoms with van der Waals surface area (Å²) in [4.78, 5) is 23.4. The van der Waals surface area contributed by atoms with Crippen LogP contribution in [0.3, 0.4) is 0 Å². The predicted octanol–water partition coefficient (Wildman–Crippen LogP) is 3.71. The van der Waals surface area contributed by atoms with E-state index in [1.807, 2.05) is 0 Å². The highest BCUT2D eigenvalue weighted by Gasteiger charge is 2.18. The van der Waals surface area contributed by atoms with E-state index < -0.39 is 5.97 Å². The SMILES string of the molecule is COC(=O)c1ccc(C(=O)c2cc(Cl)cc(Br)c2)o1. The molecule has 0 N–H and O–H groups in total. The third-order valence-corrected chi connectivity index (χ3v) is 3.02. The van der Waals surface area contributed by atoms with Gasteiger partial charge in [-0.2, -0.15) is 0 Å². The van der Waals surface area contributed by atoms with Gasteiger partial charge >= 0.3 is 5.97 Å². The molecule has 0 spiro atoms. The average molecular weight is 344 g/mol. The maximum atomic E-state index is 12.1. The van der Waals surface area contributed by atoms with Crippen molar-refractivity contribution in [1.82, 2.24) is 0 Å². The molecule has 0 fully saturated rings. The Labute approximate surface area is 122 Å². The first kappa shape index (κ1) is 13.8. The number of esters is 1. The molecule has 0 aliphatic rings. The van der Waals surface area contributed by atoms with Crippen molar-refractivity contribution in [2.75, 3.05) is 7.11 Å². The fraction of sp³-hybridized carbons (Fsp3) is 0.0769. The monoisotopic (exact) mass is 342 g/mol. The number of hydrogen-bond acceptors (Lipinski definition) is 4. The van der Waals surface area contributed by atoms with Gasteiger partial charge in [-0.25, -0.2) is 4.79 Å². The van der Waals surface area contributed by atoms with Crippen LogP contribution in [0.25, 0.3) is 0 Å². The molecule has 1 aromatic carbocycles. The summed E-state index contributed by atoms with van der Waals surface area (Å²) in [5, 5.41) is 0.428. The molecule has 0 atom stereocenters. The lowest BCUT2D eigenvalue weighted by Gasteiger charge is -2.00. The Morgan fingerprint density at radius 2 is 1.89 bits per heavy atom. The van der Waals surface area contributed by atoms with Crippen LogP contribution in [-0.4, -0.2) is 18.9 Å². The molecule has 0 aliphatic heterocycles. The lowest BCUT2D eigenvalue weighted by Crippen LogP contribution is -2.01. The van der Waals surface area contributed by atoms with Crippen LogP contribution in [0.5, 0.6) is 0 Å². The van der Waals surface area contributed by atoms with Crippen LogP contribution in [0.15, 0.2) is 39.2 Å². The highest BCUT2D eigenvalue weighted by Crippen LogP contribution is 2.22. The molecule has 0 saturated carbocycles. The molecule has 4 nitrogen and oxygen atoms in total. The number of methoxy groups -OCH3 is 1. The van der Waals surface area contributed by atoms with Gasteiger partial charge in [0.2, 0.25) is 11.5 Å². The summed E-state index contributed by atoms with van der Waals surface area (Å²) in [5.41, 5.74) is 0.366. The van der Waals surface area contributed by atoms with E-state index >= 15 is 0 Å². The molecule has 0 radical (unpaired) electrons. The molecular weight excluding hydrogens is 335 g/mol. The Balaban J connectivity index is 2.33. The third-order valence-electron chi connectivity index (χ3n) is 2.34. The molecule has 1 aromatic heterocycles. The number of carbonyl (C=O) groups is 2. The van der Waals surface area contributed by atoms with Crippen molar-refractivity contribution in [3.63, 3.8) is 0 Å². The van der Waals surface area contributed by atoms with Crippen molar-refractivity contribution < 1.29 is 18.7 Å². The zero-order valence-electron chi connectivity index (χ0n) is 9.78. The van der Waals surface area contributed by atoms with Gasteiger partial charge in [0.05, 0.1) is 7.11 Å². The average Bonchev–Trinajstić information content (AvgIpc) is 2.85. The maximum absolute atomic E-state index is 12.1. The minimum absolute atomic E-state index is 0.0213. The summed E-state index contributed by atoms with van der Waals surface area (Å²) >= 11 is 9.12. The van der Waals surface area contributed by atoms with Crippen molar-refractivity contribution in [1.29, 1.82) is 0 Å². The van der Waals surface area contributed by atoms with Crippen molar-refractivity contribution in [3.05, 3.63) is 56.9 Å². The Hall–Kier alpha value is -1.59. The van der Waals surface area contributed by atoms with Gasteiger partial charge in [-0.15, -0.1) is 0 Å². The first-order chi connectivity index (χ1) is 9.01. The second-order valence-corrected chi connectivity index (χ2v) is 4.99. The van der Waals surface area contributed by atoms with Crippen LogP contribution in [-0.2, 0) is 4.74 Å². The van der Waals surface area contributed by atoms with Gasteiger partial charge in [0, 0.05) is 15.1 Å². The molecule has 0 amide bonds. The van der Waals surface area contributed by atoms with E-state index in [2.05, 4.69) is 20.7 Å². The normalized spacial score (nSPS) is 10.3. The number of ketones is 1. The van der Waals surface area contributed by atoms with E-state index in [-0.39, 0.29) is 17.3 Å². The number of furan rings is 1. The molecule has 0 aliphatic carbocycles. The summed E-state index contributed by atoms with van der Waals surface area (Å²) in [6.45, 7) is 0. The summed E-state index contributed by atoms with van der Waals surface area (Å²) in [5.74, 6) is -0.966. The highest BCUT2D eigenvalue weighted by atomic mass is 79.9. The van der Waals surface area contributed by atoms with Gasteiger partial charge in [-0.3, -0.25) is 4.79 Å². The lowest BCUT2D eigenvalue weighted by atomic mass is 10.1. The molecule has 98 valence electrons. The van der Waals surface area contributed by atoms with E-state index in [1.54, 1.807) is 12.1 Å². The fourth-order valence-electron chi connectivity index (χ4n) is 1.50. The van der Waals surface area contributed by atoms with Gasteiger partial charge in [-0.05, 0) is 30.3 Å². The Morgan fingerprint density at radius 1 is 1.21 bits per heavy atom. The summed E-state index contributed by atoms with van der Waals surface area (Å²) in [7, 11) is 1.24.